The van der Waals surface area contributed by atoms with Crippen molar-refractivity contribution in [1.29, 1.82) is 0 Å². The van der Waals surface area contributed by atoms with Gasteiger partial charge in [-0.25, -0.2) is 0 Å². The van der Waals surface area contributed by atoms with Crippen molar-refractivity contribution >= 4 is 0 Å². The maximum absolute atomic E-state index is 6.10. The first-order valence-electron chi connectivity index (χ1n) is 9.22. The van der Waals surface area contributed by atoms with Crippen LogP contribution < -0.4 is 0 Å². The third kappa shape index (κ3) is 0.761. The Kier molecular flexibility index (Phi) is 1.36. The lowest BCUT2D eigenvalue weighted by atomic mass is 9.20. The molecule has 0 saturated heterocycles. The molecule has 20 heavy (non-hydrogen) atoms. The van der Waals surface area contributed by atoms with Gasteiger partial charge in [-0.1, -0.05) is 5.92 Å². The summed E-state index contributed by atoms with van der Waals surface area (Å²) >= 11 is 0. The van der Waals surface area contributed by atoms with Crippen molar-refractivity contribution in [3.63, 3.8) is 0 Å². The largest absolute Gasteiger partial charge is 0.120 e. The van der Waals surface area contributed by atoms with Crippen LogP contribution in [0.1, 0.15) is 44.9 Å². The highest BCUT2D eigenvalue weighted by molar-refractivity contribution is 5.31. The van der Waals surface area contributed by atoms with Crippen molar-refractivity contribution in [1.82, 2.24) is 0 Å². The fraction of sp³-hybridized carbons (Fsp3) is 0.900. The zero-order valence-corrected chi connectivity index (χ0v) is 12.2. The molecule has 0 nitrogen and oxygen atoms in total. The molecule has 10 fully saturated rings. The zero-order chi connectivity index (χ0) is 12.9. The summed E-state index contributed by atoms with van der Waals surface area (Å²) < 4.78 is 0. The molecule has 10 saturated carbocycles. The summed E-state index contributed by atoms with van der Waals surface area (Å²) in [7, 11) is 0. The highest BCUT2D eigenvalue weighted by atomic mass is 14.8. The molecule has 6 unspecified atom stereocenters. The third-order valence-corrected chi connectivity index (χ3v) is 10.0. The molecule has 1 spiro atoms. The molecule has 0 aromatic heterocycles. The Bertz CT molecular complexity index is 547. The molecule has 0 N–H and O–H groups in total. The van der Waals surface area contributed by atoms with Crippen LogP contribution in [0.2, 0.25) is 0 Å². The van der Waals surface area contributed by atoms with Crippen LogP contribution in [-0.4, -0.2) is 0 Å². The van der Waals surface area contributed by atoms with Gasteiger partial charge in [-0.15, -0.1) is 6.42 Å². The summed E-state index contributed by atoms with van der Waals surface area (Å²) in [5.74, 6) is 13.5. The summed E-state index contributed by atoms with van der Waals surface area (Å²) in [4.78, 5) is 0. The fourth-order valence-corrected chi connectivity index (χ4v) is 10.6. The first-order valence-corrected chi connectivity index (χ1v) is 9.22. The lowest BCUT2D eigenvalue weighted by Crippen LogP contribution is -2.78. The van der Waals surface area contributed by atoms with Gasteiger partial charge in [-0.05, 0) is 104 Å². The predicted molar refractivity (Wildman–Crippen MR) is 77.4 cm³/mol. The smallest absolute Gasteiger partial charge is 0.0323 e. The van der Waals surface area contributed by atoms with Gasteiger partial charge in [0.1, 0.15) is 0 Å². The van der Waals surface area contributed by atoms with E-state index in [1.54, 1.807) is 25.7 Å². The van der Waals surface area contributed by atoms with E-state index in [0.717, 1.165) is 52.8 Å². The Morgan fingerprint density at radius 2 is 1.40 bits per heavy atom. The molecule has 6 atom stereocenters. The average Bonchev–Trinajstić information content (AvgIpc) is 2.45. The number of hydrogen-bond donors (Lipinski definition) is 0. The van der Waals surface area contributed by atoms with Gasteiger partial charge in [0.05, 0.1) is 0 Å². The van der Waals surface area contributed by atoms with E-state index in [2.05, 4.69) is 5.92 Å². The maximum atomic E-state index is 6.10. The van der Waals surface area contributed by atoms with Crippen molar-refractivity contribution in [2.45, 2.75) is 44.9 Å². The number of hydrogen-bond acceptors (Lipinski definition) is 0. The first-order chi connectivity index (χ1) is 9.75. The molecule has 0 heteroatoms. The standard InChI is InChI=1S/C20H24/c1-2-19-7-15-12-5-11-13-3-10-4-14(11)18(16(12)8-19)20(6-10,9-19)17(13)15/h1,10-18H,3-9H2. The van der Waals surface area contributed by atoms with E-state index in [1.165, 1.54) is 25.2 Å². The summed E-state index contributed by atoms with van der Waals surface area (Å²) in [5.41, 5.74) is 1.12. The molecule has 104 valence electrons. The van der Waals surface area contributed by atoms with Gasteiger partial charge in [-0.3, -0.25) is 0 Å². The topological polar surface area (TPSA) is 0 Å². The number of terminal acetylenes is 1. The lowest BCUT2D eigenvalue weighted by Gasteiger charge is -2.84. The predicted octanol–water partition coefficient (Wildman–Crippen LogP) is 3.96. The molecule has 10 aliphatic carbocycles. The van der Waals surface area contributed by atoms with Gasteiger partial charge in [0, 0.05) is 5.41 Å². The highest BCUT2D eigenvalue weighted by Gasteiger charge is 2.80. The Morgan fingerprint density at radius 3 is 2.05 bits per heavy atom. The van der Waals surface area contributed by atoms with E-state index < -0.39 is 0 Å². The molecule has 10 aliphatic rings. The minimum atomic E-state index is 0.358. The van der Waals surface area contributed by atoms with Gasteiger partial charge < -0.3 is 0 Å². The molecule has 0 aromatic rings. The van der Waals surface area contributed by atoms with Crippen molar-refractivity contribution < 1.29 is 0 Å². The molecule has 0 aliphatic heterocycles. The summed E-state index contributed by atoms with van der Waals surface area (Å²) in [6.45, 7) is 0. The second kappa shape index (κ2) is 2.64. The molecule has 10 rings (SSSR count). The Morgan fingerprint density at radius 1 is 0.750 bits per heavy atom. The van der Waals surface area contributed by atoms with Gasteiger partial charge in [-0.2, -0.15) is 0 Å². The van der Waals surface area contributed by atoms with E-state index in [-0.39, 0.29) is 0 Å². The summed E-state index contributed by atoms with van der Waals surface area (Å²) in [6, 6.07) is 0. The van der Waals surface area contributed by atoms with Crippen LogP contribution in [0, 0.1) is 76.4 Å². The molecule has 0 radical (unpaired) electrons. The molecule has 11 bridgehead atoms. The van der Waals surface area contributed by atoms with E-state index in [4.69, 9.17) is 6.42 Å². The van der Waals surface area contributed by atoms with E-state index >= 15 is 0 Å². The quantitative estimate of drug-likeness (QED) is 0.581. The number of rotatable bonds is 0. The zero-order valence-electron chi connectivity index (χ0n) is 12.2. The van der Waals surface area contributed by atoms with E-state index in [0.29, 0.717) is 5.41 Å². The van der Waals surface area contributed by atoms with Crippen LogP contribution in [0.3, 0.4) is 0 Å². The summed E-state index contributed by atoms with van der Waals surface area (Å²) in [5, 5.41) is 0. The molecular formula is C20H24. The van der Waals surface area contributed by atoms with Crippen LogP contribution in [0.4, 0.5) is 0 Å². The Labute approximate surface area is 122 Å². The van der Waals surface area contributed by atoms with Crippen molar-refractivity contribution in [2.24, 2.45) is 64.1 Å². The second-order valence-corrected chi connectivity index (χ2v) is 10.1. The van der Waals surface area contributed by atoms with Crippen molar-refractivity contribution in [2.75, 3.05) is 0 Å². The van der Waals surface area contributed by atoms with Crippen LogP contribution in [0.15, 0.2) is 0 Å². The molecular weight excluding hydrogens is 240 g/mol. The van der Waals surface area contributed by atoms with E-state index in [1.807, 2.05) is 0 Å². The van der Waals surface area contributed by atoms with Crippen LogP contribution in [0.25, 0.3) is 0 Å². The lowest BCUT2D eigenvalue weighted by molar-refractivity contribution is -0.356. The minimum Gasteiger partial charge on any atom is -0.120 e. The van der Waals surface area contributed by atoms with Gasteiger partial charge in [0.25, 0.3) is 0 Å². The molecule has 0 aromatic carbocycles. The van der Waals surface area contributed by atoms with E-state index in [9.17, 15) is 0 Å². The Balaban J connectivity index is 1.54. The van der Waals surface area contributed by atoms with Crippen LogP contribution in [-0.2, 0) is 0 Å². The average molecular weight is 264 g/mol. The first kappa shape index (κ1) is 10.3. The van der Waals surface area contributed by atoms with Crippen molar-refractivity contribution in [3.8, 4) is 12.3 Å². The van der Waals surface area contributed by atoms with Crippen molar-refractivity contribution in [3.05, 3.63) is 0 Å². The highest BCUT2D eigenvalue weighted by Crippen LogP contribution is 2.86. The molecule has 0 amide bonds. The Hall–Kier alpha value is -0.440. The van der Waals surface area contributed by atoms with Gasteiger partial charge >= 0.3 is 0 Å². The van der Waals surface area contributed by atoms with Gasteiger partial charge in [0.15, 0.2) is 0 Å². The maximum Gasteiger partial charge on any atom is 0.0323 e. The fourth-order valence-electron chi connectivity index (χ4n) is 10.6. The molecule has 0 heterocycles. The van der Waals surface area contributed by atoms with Crippen LogP contribution in [0.5, 0.6) is 0 Å². The van der Waals surface area contributed by atoms with Gasteiger partial charge in [0.2, 0.25) is 0 Å². The normalized spacial score (nSPS) is 76.5. The monoisotopic (exact) mass is 264 g/mol. The minimum absolute atomic E-state index is 0.358. The SMILES string of the molecule is C#CC12CC3C4CC5C6CC7CC5C(C4C1)C(C7)(C2)C63. The van der Waals surface area contributed by atoms with Crippen LogP contribution >= 0.6 is 0 Å². The summed E-state index contributed by atoms with van der Waals surface area (Å²) in [6.07, 6.45) is 16.9. The third-order valence-electron chi connectivity index (χ3n) is 10.0. The second-order valence-electron chi connectivity index (χ2n) is 10.1.